The maximum atomic E-state index is 4.96. The lowest BCUT2D eigenvalue weighted by Crippen LogP contribution is -2.19. The maximum absolute atomic E-state index is 4.96. The largest absolute Gasteiger partial charge is 0.383 e. The van der Waals surface area contributed by atoms with Crippen molar-refractivity contribution in [1.82, 2.24) is 34.8 Å². The third kappa shape index (κ3) is 4.10. The van der Waals surface area contributed by atoms with E-state index < -0.39 is 0 Å². The number of nitrogens with zero attached hydrogens (tertiary/aromatic N) is 6. The molecule has 0 amide bonds. The minimum Gasteiger partial charge on any atom is -0.383 e. The summed E-state index contributed by atoms with van der Waals surface area (Å²) < 4.78 is 8.65. The molecular formula is C12H21N7O. The molecule has 0 fully saturated rings. The minimum atomic E-state index is 0.588. The van der Waals surface area contributed by atoms with Gasteiger partial charge in [-0.15, -0.1) is 0 Å². The Balaban J connectivity index is 1.87. The second-order valence-electron chi connectivity index (χ2n) is 4.43. The molecular weight excluding hydrogens is 258 g/mol. The normalized spacial score (nSPS) is 11.1. The molecule has 0 radical (unpaired) electrons. The highest BCUT2D eigenvalue weighted by Crippen LogP contribution is 1.99. The molecule has 20 heavy (non-hydrogen) atoms. The number of nitrogens with one attached hydrogen (secondary N) is 1. The smallest absolute Gasteiger partial charge is 0.164 e. The van der Waals surface area contributed by atoms with E-state index in [1.165, 1.54) is 0 Å². The van der Waals surface area contributed by atoms with E-state index in [2.05, 4.69) is 32.4 Å². The number of hydrogen-bond acceptors (Lipinski definition) is 6. The third-order valence-electron chi connectivity index (χ3n) is 2.78. The zero-order chi connectivity index (χ0) is 14.2. The average Bonchev–Trinajstić information content (AvgIpc) is 3.06. The zero-order valence-electron chi connectivity index (χ0n) is 12.0. The molecule has 2 rings (SSSR count). The van der Waals surface area contributed by atoms with E-state index in [9.17, 15) is 0 Å². The fourth-order valence-electron chi connectivity index (χ4n) is 1.82. The standard InChI is InChI=1S/C12H21N7O/c1-3-5-19-12(14-9-16-19)8-18-10-15-11(17-18)7-13-4-6-20-2/h9-10,13H,3-8H2,1-2H3. The van der Waals surface area contributed by atoms with Crippen LogP contribution in [0.1, 0.15) is 25.0 Å². The van der Waals surface area contributed by atoms with Crippen LogP contribution >= 0.6 is 0 Å². The van der Waals surface area contributed by atoms with Gasteiger partial charge in [0.2, 0.25) is 0 Å². The monoisotopic (exact) mass is 279 g/mol. The quantitative estimate of drug-likeness (QED) is 0.654. The number of rotatable bonds is 9. The summed E-state index contributed by atoms with van der Waals surface area (Å²) in [6.07, 6.45) is 4.33. The Morgan fingerprint density at radius 1 is 1.35 bits per heavy atom. The summed E-state index contributed by atoms with van der Waals surface area (Å²) >= 11 is 0. The average molecular weight is 279 g/mol. The first-order chi connectivity index (χ1) is 9.83. The highest BCUT2D eigenvalue weighted by molar-refractivity contribution is 4.88. The summed E-state index contributed by atoms with van der Waals surface area (Å²) in [7, 11) is 1.68. The summed E-state index contributed by atoms with van der Waals surface area (Å²) in [5.41, 5.74) is 0. The lowest BCUT2D eigenvalue weighted by Gasteiger charge is -2.03. The van der Waals surface area contributed by atoms with Crippen molar-refractivity contribution in [3.63, 3.8) is 0 Å². The molecule has 110 valence electrons. The van der Waals surface area contributed by atoms with Crippen LogP contribution in [0.5, 0.6) is 0 Å². The Morgan fingerprint density at radius 3 is 3.05 bits per heavy atom. The number of methoxy groups -OCH3 is 1. The SMILES string of the molecule is CCCn1ncnc1Cn1cnc(CNCCOC)n1. The van der Waals surface area contributed by atoms with Crippen LogP contribution in [0.3, 0.4) is 0 Å². The summed E-state index contributed by atoms with van der Waals surface area (Å²) in [4.78, 5) is 8.52. The van der Waals surface area contributed by atoms with Crippen LogP contribution in [0.25, 0.3) is 0 Å². The van der Waals surface area contributed by atoms with Gasteiger partial charge in [-0.05, 0) is 6.42 Å². The Kier molecular flexibility index (Phi) is 5.63. The zero-order valence-corrected chi connectivity index (χ0v) is 12.0. The first kappa shape index (κ1) is 14.6. The van der Waals surface area contributed by atoms with Gasteiger partial charge in [-0.2, -0.15) is 10.2 Å². The fraction of sp³-hybridized carbons (Fsp3) is 0.667. The number of ether oxygens (including phenoxy) is 1. The molecule has 0 atom stereocenters. The fourth-order valence-corrected chi connectivity index (χ4v) is 1.82. The number of aryl methyl sites for hydroxylation is 1. The Hall–Kier alpha value is -1.80. The topological polar surface area (TPSA) is 82.7 Å². The molecule has 2 aromatic heterocycles. The van der Waals surface area contributed by atoms with Crippen LogP contribution in [0.4, 0.5) is 0 Å². The number of aromatic nitrogens is 6. The summed E-state index contributed by atoms with van der Waals surface area (Å²) in [6.45, 7) is 5.68. The molecule has 1 N–H and O–H groups in total. The van der Waals surface area contributed by atoms with Crippen molar-refractivity contribution in [2.75, 3.05) is 20.3 Å². The van der Waals surface area contributed by atoms with E-state index in [1.54, 1.807) is 24.4 Å². The van der Waals surface area contributed by atoms with Crippen LogP contribution in [0.2, 0.25) is 0 Å². The Labute approximate surface area is 118 Å². The van der Waals surface area contributed by atoms with Gasteiger partial charge in [0.05, 0.1) is 13.2 Å². The molecule has 0 spiro atoms. The van der Waals surface area contributed by atoms with E-state index in [0.29, 0.717) is 19.7 Å². The van der Waals surface area contributed by atoms with Crippen molar-refractivity contribution in [2.45, 2.75) is 33.0 Å². The van der Waals surface area contributed by atoms with Gasteiger partial charge in [-0.1, -0.05) is 6.92 Å². The molecule has 0 unspecified atom stereocenters. The lowest BCUT2D eigenvalue weighted by molar-refractivity contribution is 0.199. The summed E-state index contributed by atoms with van der Waals surface area (Å²) in [5, 5.41) is 11.8. The molecule has 0 saturated heterocycles. The molecule has 0 aliphatic rings. The predicted molar refractivity (Wildman–Crippen MR) is 73.0 cm³/mol. The molecule has 0 saturated carbocycles. The van der Waals surface area contributed by atoms with Crippen LogP contribution in [-0.4, -0.2) is 49.8 Å². The van der Waals surface area contributed by atoms with Gasteiger partial charge in [0.15, 0.2) is 5.82 Å². The van der Waals surface area contributed by atoms with Crippen LogP contribution in [0, 0.1) is 0 Å². The lowest BCUT2D eigenvalue weighted by atomic mass is 10.5. The number of hydrogen-bond donors (Lipinski definition) is 1. The van der Waals surface area contributed by atoms with Gasteiger partial charge in [0, 0.05) is 20.2 Å². The first-order valence-corrected chi connectivity index (χ1v) is 6.78. The molecule has 8 heteroatoms. The maximum Gasteiger partial charge on any atom is 0.164 e. The van der Waals surface area contributed by atoms with Gasteiger partial charge in [-0.3, -0.25) is 0 Å². The molecule has 0 aliphatic heterocycles. The van der Waals surface area contributed by atoms with Crippen LogP contribution < -0.4 is 5.32 Å². The van der Waals surface area contributed by atoms with E-state index >= 15 is 0 Å². The van der Waals surface area contributed by atoms with Gasteiger partial charge in [0.1, 0.15) is 25.0 Å². The molecule has 2 aromatic rings. The van der Waals surface area contributed by atoms with Crippen molar-refractivity contribution < 1.29 is 4.74 Å². The summed E-state index contributed by atoms with van der Waals surface area (Å²) in [6, 6.07) is 0. The molecule has 0 aromatic carbocycles. The van der Waals surface area contributed by atoms with E-state index in [4.69, 9.17) is 4.74 Å². The first-order valence-electron chi connectivity index (χ1n) is 6.78. The van der Waals surface area contributed by atoms with Crippen molar-refractivity contribution in [3.8, 4) is 0 Å². The van der Waals surface area contributed by atoms with Crippen molar-refractivity contribution in [2.24, 2.45) is 0 Å². The highest BCUT2D eigenvalue weighted by Gasteiger charge is 2.06. The van der Waals surface area contributed by atoms with Crippen LogP contribution in [-0.2, 0) is 24.4 Å². The molecule has 0 bridgehead atoms. The van der Waals surface area contributed by atoms with E-state index in [-0.39, 0.29) is 0 Å². The third-order valence-corrected chi connectivity index (χ3v) is 2.78. The molecule has 8 nitrogen and oxygen atoms in total. The van der Waals surface area contributed by atoms with Crippen molar-refractivity contribution >= 4 is 0 Å². The predicted octanol–water partition coefficient (Wildman–Crippen LogP) is 0.0639. The Bertz CT molecular complexity index is 507. The van der Waals surface area contributed by atoms with E-state index in [0.717, 1.165) is 31.2 Å². The van der Waals surface area contributed by atoms with Crippen molar-refractivity contribution in [3.05, 3.63) is 24.3 Å². The highest BCUT2D eigenvalue weighted by atomic mass is 16.5. The van der Waals surface area contributed by atoms with E-state index in [1.807, 2.05) is 4.68 Å². The Morgan fingerprint density at radius 2 is 2.25 bits per heavy atom. The van der Waals surface area contributed by atoms with Gasteiger partial charge in [-0.25, -0.2) is 19.3 Å². The minimum absolute atomic E-state index is 0.588. The summed E-state index contributed by atoms with van der Waals surface area (Å²) in [5.74, 6) is 1.67. The van der Waals surface area contributed by atoms with Gasteiger partial charge < -0.3 is 10.1 Å². The molecule has 0 aliphatic carbocycles. The van der Waals surface area contributed by atoms with Crippen molar-refractivity contribution in [1.29, 1.82) is 0 Å². The van der Waals surface area contributed by atoms with Gasteiger partial charge in [0.25, 0.3) is 0 Å². The second-order valence-corrected chi connectivity index (χ2v) is 4.43. The van der Waals surface area contributed by atoms with Crippen LogP contribution in [0.15, 0.2) is 12.7 Å². The second kappa shape index (κ2) is 7.71. The van der Waals surface area contributed by atoms with Gasteiger partial charge >= 0.3 is 0 Å². The molecule has 2 heterocycles.